The van der Waals surface area contributed by atoms with Gasteiger partial charge in [-0.3, -0.25) is 24.1 Å². The van der Waals surface area contributed by atoms with E-state index >= 15 is 0 Å². The molecule has 0 radical (unpaired) electrons. The number of carbonyl (C=O) groups is 4. The summed E-state index contributed by atoms with van der Waals surface area (Å²) in [6.07, 6.45) is -0.0673. The number of ketones is 1. The first kappa shape index (κ1) is 19.6. The minimum Gasteiger partial charge on any atom is -0.453 e. The Hall–Kier alpha value is -2.74. The van der Waals surface area contributed by atoms with Crippen molar-refractivity contribution < 1.29 is 28.7 Å². The highest BCUT2D eigenvalue weighted by Gasteiger charge is 2.77. The second-order valence-corrected chi connectivity index (χ2v) is 7.93. The zero-order valence-corrected chi connectivity index (χ0v) is 16.7. The van der Waals surface area contributed by atoms with Crippen LogP contribution in [0.2, 0.25) is 0 Å². The van der Waals surface area contributed by atoms with Gasteiger partial charge in [0.05, 0.1) is 25.0 Å². The number of esters is 1. The number of nitrogens with zero attached hydrogens (tertiary/aromatic N) is 2. The van der Waals surface area contributed by atoms with Gasteiger partial charge in [-0.05, 0) is 25.5 Å². The number of methoxy groups -OCH3 is 1. The van der Waals surface area contributed by atoms with Crippen molar-refractivity contribution in [2.24, 2.45) is 5.92 Å². The Labute approximate surface area is 168 Å². The van der Waals surface area contributed by atoms with Crippen molar-refractivity contribution in [3.8, 4) is 0 Å². The van der Waals surface area contributed by atoms with E-state index in [1.165, 1.54) is 18.9 Å². The lowest BCUT2D eigenvalue weighted by Crippen LogP contribution is -2.53. The Bertz CT molecular complexity index is 899. The third-order valence-electron chi connectivity index (χ3n) is 6.23. The normalized spacial score (nSPS) is 30.6. The van der Waals surface area contributed by atoms with Crippen molar-refractivity contribution in [2.45, 2.75) is 44.4 Å². The van der Waals surface area contributed by atoms with E-state index in [0.29, 0.717) is 5.69 Å². The number of likely N-dealkylation sites (tertiary alicyclic amines) is 1. The summed E-state index contributed by atoms with van der Waals surface area (Å²) in [6.45, 7) is 3.83. The average molecular weight is 400 g/mol. The standard InChI is InChI=1S/C21H24N2O6/c1-12-6-4-5-7-15(12)23-18-20(27)22(8-9-28-3)16(10-13(2)24)21(18)14(19(23)26)11-17(25)29-21/h4-7,14,16,18H,8-11H2,1-3H3/t14-,16-,18-,21+/m0/s1. The number of benzene rings is 1. The number of hydrogen-bond donors (Lipinski definition) is 0. The Morgan fingerprint density at radius 1 is 1.24 bits per heavy atom. The number of hydrogen-bond acceptors (Lipinski definition) is 6. The van der Waals surface area contributed by atoms with Crippen LogP contribution in [0.1, 0.15) is 25.3 Å². The molecule has 1 aromatic carbocycles. The van der Waals surface area contributed by atoms with Crippen LogP contribution in [-0.4, -0.2) is 66.4 Å². The molecule has 0 bridgehead atoms. The van der Waals surface area contributed by atoms with Gasteiger partial charge in [0, 0.05) is 25.8 Å². The fraction of sp³-hybridized carbons (Fsp3) is 0.524. The molecule has 1 aromatic rings. The van der Waals surface area contributed by atoms with Crippen molar-refractivity contribution in [1.29, 1.82) is 0 Å². The predicted molar refractivity (Wildman–Crippen MR) is 102 cm³/mol. The van der Waals surface area contributed by atoms with Gasteiger partial charge in [-0.15, -0.1) is 0 Å². The maximum atomic E-state index is 13.5. The second kappa shape index (κ2) is 6.95. The third-order valence-corrected chi connectivity index (χ3v) is 6.23. The molecule has 2 amide bonds. The molecule has 0 N–H and O–H groups in total. The summed E-state index contributed by atoms with van der Waals surface area (Å²) >= 11 is 0. The molecular weight excluding hydrogens is 376 g/mol. The molecule has 3 heterocycles. The molecule has 0 aromatic heterocycles. The molecule has 3 aliphatic heterocycles. The minimum atomic E-state index is -1.35. The largest absolute Gasteiger partial charge is 0.453 e. The summed E-state index contributed by atoms with van der Waals surface area (Å²) < 4.78 is 10.9. The molecule has 3 fully saturated rings. The first-order valence-corrected chi connectivity index (χ1v) is 9.72. The molecule has 8 nitrogen and oxygen atoms in total. The van der Waals surface area contributed by atoms with Crippen molar-refractivity contribution >= 4 is 29.3 Å². The quantitative estimate of drug-likeness (QED) is 0.658. The maximum Gasteiger partial charge on any atom is 0.307 e. The van der Waals surface area contributed by atoms with Crippen LogP contribution in [0.4, 0.5) is 5.69 Å². The van der Waals surface area contributed by atoms with E-state index in [0.717, 1.165) is 5.56 Å². The van der Waals surface area contributed by atoms with Crippen molar-refractivity contribution in [2.75, 3.05) is 25.2 Å². The van der Waals surface area contributed by atoms with Gasteiger partial charge in [-0.1, -0.05) is 18.2 Å². The molecular formula is C21H24N2O6. The number of aryl methyl sites for hydroxylation is 1. The number of anilines is 1. The van der Waals surface area contributed by atoms with E-state index < -0.39 is 29.6 Å². The van der Waals surface area contributed by atoms with Gasteiger partial charge in [0.15, 0.2) is 11.6 Å². The zero-order valence-electron chi connectivity index (χ0n) is 16.7. The molecule has 8 heteroatoms. The summed E-state index contributed by atoms with van der Waals surface area (Å²) in [4.78, 5) is 54.3. The molecule has 4 rings (SSSR count). The highest BCUT2D eigenvalue weighted by molar-refractivity contribution is 6.12. The topological polar surface area (TPSA) is 93.2 Å². The van der Waals surface area contributed by atoms with Crippen LogP contribution in [0.15, 0.2) is 24.3 Å². The highest BCUT2D eigenvalue weighted by Crippen LogP contribution is 2.54. The number of amides is 2. The van der Waals surface area contributed by atoms with Crippen LogP contribution in [0.5, 0.6) is 0 Å². The molecule has 3 aliphatic rings. The highest BCUT2D eigenvalue weighted by atomic mass is 16.6. The molecule has 29 heavy (non-hydrogen) atoms. The number of Topliss-reactive ketones (excluding diaryl/α,β-unsaturated/α-hetero) is 1. The van der Waals surface area contributed by atoms with Gasteiger partial charge in [-0.25, -0.2) is 0 Å². The van der Waals surface area contributed by atoms with E-state index in [1.807, 2.05) is 19.1 Å². The number of para-hydroxylation sites is 1. The first-order chi connectivity index (χ1) is 13.8. The second-order valence-electron chi connectivity index (χ2n) is 7.93. The molecule has 154 valence electrons. The summed E-state index contributed by atoms with van der Waals surface area (Å²) in [5, 5.41) is 0. The summed E-state index contributed by atoms with van der Waals surface area (Å²) in [5.74, 6) is -2.05. The van der Waals surface area contributed by atoms with Gasteiger partial charge >= 0.3 is 5.97 Å². The SMILES string of the molecule is COCCN1C(=O)[C@@H]2N(c3ccccc3C)C(=O)[C@@H]3CC(=O)O[C@]23[C@@H]1CC(C)=O. The van der Waals surface area contributed by atoms with Gasteiger partial charge in [0.1, 0.15) is 5.78 Å². The van der Waals surface area contributed by atoms with Crippen molar-refractivity contribution in [3.05, 3.63) is 29.8 Å². The van der Waals surface area contributed by atoms with Crippen molar-refractivity contribution in [3.63, 3.8) is 0 Å². The Morgan fingerprint density at radius 2 is 1.97 bits per heavy atom. The van der Waals surface area contributed by atoms with Crippen LogP contribution in [-0.2, 0) is 28.7 Å². The fourth-order valence-corrected chi connectivity index (χ4v) is 5.09. The van der Waals surface area contributed by atoms with Gasteiger partial charge in [0.25, 0.3) is 5.91 Å². The van der Waals surface area contributed by atoms with E-state index in [4.69, 9.17) is 9.47 Å². The Morgan fingerprint density at radius 3 is 2.62 bits per heavy atom. The zero-order chi connectivity index (χ0) is 20.9. The fourth-order valence-electron chi connectivity index (χ4n) is 5.09. The van der Waals surface area contributed by atoms with Crippen LogP contribution >= 0.6 is 0 Å². The monoisotopic (exact) mass is 400 g/mol. The summed E-state index contributed by atoms with van der Waals surface area (Å²) in [5.41, 5.74) is 0.108. The molecule has 4 atom stereocenters. The van der Waals surface area contributed by atoms with Crippen LogP contribution in [0.3, 0.4) is 0 Å². The Balaban J connectivity index is 1.87. The lowest BCUT2D eigenvalue weighted by Gasteiger charge is -2.34. The molecule has 0 saturated carbocycles. The lowest BCUT2D eigenvalue weighted by molar-refractivity contribution is -0.152. The predicted octanol–water partition coefficient (Wildman–Crippen LogP) is 0.848. The van der Waals surface area contributed by atoms with E-state index in [-0.39, 0.29) is 43.6 Å². The molecule has 0 aliphatic carbocycles. The van der Waals surface area contributed by atoms with Gasteiger partial charge in [-0.2, -0.15) is 0 Å². The lowest BCUT2D eigenvalue weighted by atomic mass is 9.80. The van der Waals surface area contributed by atoms with Gasteiger partial charge < -0.3 is 14.4 Å². The molecule has 0 unspecified atom stereocenters. The number of ether oxygens (including phenoxy) is 2. The van der Waals surface area contributed by atoms with Crippen LogP contribution < -0.4 is 4.90 Å². The maximum absolute atomic E-state index is 13.5. The third kappa shape index (κ3) is 2.69. The first-order valence-electron chi connectivity index (χ1n) is 9.72. The van der Waals surface area contributed by atoms with E-state index in [2.05, 4.69) is 0 Å². The van der Waals surface area contributed by atoms with Crippen LogP contribution in [0, 0.1) is 12.8 Å². The summed E-state index contributed by atoms with van der Waals surface area (Å²) in [7, 11) is 1.53. The minimum absolute atomic E-state index is 0.0185. The number of carbonyl (C=O) groups excluding carboxylic acids is 4. The van der Waals surface area contributed by atoms with Crippen LogP contribution in [0.25, 0.3) is 0 Å². The summed E-state index contributed by atoms with van der Waals surface area (Å²) in [6, 6.07) is 5.64. The molecule has 3 saturated heterocycles. The van der Waals surface area contributed by atoms with Crippen molar-refractivity contribution in [1.82, 2.24) is 4.90 Å². The average Bonchev–Trinajstić information content (AvgIpc) is 3.20. The van der Waals surface area contributed by atoms with E-state index in [1.54, 1.807) is 17.0 Å². The molecule has 1 spiro atoms. The van der Waals surface area contributed by atoms with Gasteiger partial charge in [0.2, 0.25) is 5.91 Å². The number of rotatable bonds is 6. The van der Waals surface area contributed by atoms with E-state index in [9.17, 15) is 19.2 Å². The smallest absolute Gasteiger partial charge is 0.307 e. The Kier molecular flexibility index (Phi) is 4.69.